The molecule has 84 valence electrons. The largest absolute Gasteiger partial charge is 0.478 e. The quantitative estimate of drug-likeness (QED) is 0.707. The summed E-state index contributed by atoms with van der Waals surface area (Å²) in [4.78, 5) is 13.8. The molecule has 1 amide bonds. The number of benzene rings is 1. The van der Waals surface area contributed by atoms with E-state index in [0.717, 1.165) is 25.1 Å². The van der Waals surface area contributed by atoms with Crippen LogP contribution in [-0.2, 0) is 4.79 Å². The maximum atomic E-state index is 11.8. The van der Waals surface area contributed by atoms with E-state index in [1.54, 1.807) is 0 Å². The van der Waals surface area contributed by atoms with Crippen molar-refractivity contribution in [2.45, 2.75) is 31.4 Å². The fourth-order valence-corrected chi connectivity index (χ4v) is 2.57. The minimum Gasteiger partial charge on any atom is -0.478 e. The summed E-state index contributed by atoms with van der Waals surface area (Å²) in [5.74, 6) is 0.958. The van der Waals surface area contributed by atoms with Crippen LogP contribution in [0.3, 0.4) is 0 Å². The first-order chi connectivity index (χ1) is 7.86. The van der Waals surface area contributed by atoms with Crippen molar-refractivity contribution in [3.8, 4) is 5.75 Å². The Labute approximate surface area is 95.0 Å². The van der Waals surface area contributed by atoms with Crippen LogP contribution in [-0.4, -0.2) is 29.5 Å². The molecule has 2 saturated heterocycles. The lowest BCUT2D eigenvalue weighted by molar-refractivity contribution is -0.166. The predicted molar refractivity (Wildman–Crippen MR) is 60.2 cm³/mol. The molecule has 0 bridgehead atoms. The molecule has 0 aliphatic carbocycles. The molecule has 0 radical (unpaired) electrons. The fourth-order valence-electron chi connectivity index (χ4n) is 2.57. The zero-order valence-electron chi connectivity index (χ0n) is 9.13. The van der Waals surface area contributed by atoms with Crippen LogP contribution in [0.25, 0.3) is 0 Å². The van der Waals surface area contributed by atoms with Crippen LogP contribution >= 0.6 is 0 Å². The van der Waals surface area contributed by atoms with Gasteiger partial charge in [0.2, 0.25) is 0 Å². The molecular weight excluding hydrogens is 202 g/mol. The molecule has 1 aromatic rings. The number of piperidine rings is 1. The standard InChI is InChI=1S/C13H15NO2/c15-13-12(11-8-4-5-9-14(11)13)16-10-6-2-1-3-7-10/h1-3,6-7,11-12H,4-5,8-9H2/t11-,12+/m0/s1. The molecule has 0 saturated carbocycles. The number of carbonyl (C=O) groups excluding carboxylic acids is 1. The maximum Gasteiger partial charge on any atom is 0.266 e. The van der Waals surface area contributed by atoms with E-state index >= 15 is 0 Å². The summed E-state index contributed by atoms with van der Waals surface area (Å²) < 4.78 is 5.74. The Morgan fingerprint density at radius 3 is 2.81 bits per heavy atom. The first kappa shape index (κ1) is 9.70. The molecule has 3 rings (SSSR count). The second kappa shape index (κ2) is 3.81. The summed E-state index contributed by atoms with van der Waals surface area (Å²) in [7, 11) is 0. The minimum atomic E-state index is -0.234. The lowest BCUT2D eigenvalue weighted by atomic mass is 9.88. The first-order valence-corrected chi connectivity index (χ1v) is 5.88. The third-order valence-electron chi connectivity index (χ3n) is 3.43. The molecule has 2 fully saturated rings. The molecule has 1 aromatic carbocycles. The molecule has 16 heavy (non-hydrogen) atoms. The number of nitrogens with zero attached hydrogens (tertiary/aromatic N) is 1. The number of β-lactam (4-membered cyclic amide) rings is 1. The van der Waals surface area contributed by atoms with Crippen molar-refractivity contribution in [1.82, 2.24) is 4.90 Å². The van der Waals surface area contributed by atoms with Crippen molar-refractivity contribution in [2.75, 3.05) is 6.54 Å². The van der Waals surface area contributed by atoms with Crippen LogP contribution in [0.4, 0.5) is 0 Å². The van der Waals surface area contributed by atoms with Crippen molar-refractivity contribution in [1.29, 1.82) is 0 Å². The molecule has 0 N–H and O–H groups in total. The van der Waals surface area contributed by atoms with Crippen molar-refractivity contribution in [2.24, 2.45) is 0 Å². The van der Waals surface area contributed by atoms with E-state index in [4.69, 9.17) is 4.74 Å². The molecule has 2 aliphatic heterocycles. The third kappa shape index (κ3) is 1.47. The number of rotatable bonds is 2. The van der Waals surface area contributed by atoms with Crippen LogP contribution in [0.5, 0.6) is 5.75 Å². The zero-order chi connectivity index (χ0) is 11.0. The van der Waals surface area contributed by atoms with E-state index in [1.807, 2.05) is 35.2 Å². The molecule has 2 atom stereocenters. The Bertz CT molecular complexity index is 390. The molecular formula is C13H15NO2. The smallest absolute Gasteiger partial charge is 0.266 e. The van der Waals surface area contributed by atoms with Gasteiger partial charge in [0, 0.05) is 6.54 Å². The normalized spacial score (nSPS) is 28.2. The lowest BCUT2D eigenvalue weighted by Gasteiger charge is -2.49. The van der Waals surface area contributed by atoms with Gasteiger partial charge in [-0.15, -0.1) is 0 Å². The molecule has 3 heteroatoms. The summed E-state index contributed by atoms with van der Waals surface area (Å²) in [6.45, 7) is 0.915. The average Bonchev–Trinajstić information content (AvgIpc) is 2.37. The van der Waals surface area contributed by atoms with Gasteiger partial charge in [0.1, 0.15) is 5.75 Å². The molecule has 0 unspecified atom stereocenters. The van der Waals surface area contributed by atoms with Crippen LogP contribution in [0.15, 0.2) is 30.3 Å². The van der Waals surface area contributed by atoms with Gasteiger partial charge in [0.25, 0.3) is 5.91 Å². The van der Waals surface area contributed by atoms with Crippen LogP contribution in [0, 0.1) is 0 Å². The number of fused-ring (bicyclic) bond motifs is 1. The molecule has 0 spiro atoms. The zero-order valence-corrected chi connectivity index (χ0v) is 9.13. The summed E-state index contributed by atoms with van der Waals surface area (Å²) >= 11 is 0. The Morgan fingerprint density at radius 1 is 1.19 bits per heavy atom. The van der Waals surface area contributed by atoms with Gasteiger partial charge >= 0.3 is 0 Å². The van der Waals surface area contributed by atoms with Gasteiger partial charge in [0.05, 0.1) is 6.04 Å². The van der Waals surface area contributed by atoms with Crippen molar-refractivity contribution in [3.63, 3.8) is 0 Å². The highest BCUT2D eigenvalue weighted by molar-refractivity contribution is 5.88. The van der Waals surface area contributed by atoms with Gasteiger partial charge in [-0.3, -0.25) is 4.79 Å². The van der Waals surface area contributed by atoms with E-state index in [1.165, 1.54) is 6.42 Å². The third-order valence-corrected chi connectivity index (χ3v) is 3.43. The summed E-state index contributed by atoms with van der Waals surface area (Å²) in [6, 6.07) is 9.93. The first-order valence-electron chi connectivity index (χ1n) is 5.88. The Kier molecular flexibility index (Phi) is 2.31. The van der Waals surface area contributed by atoms with Crippen molar-refractivity contribution in [3.05, 3.63) is 30.3 Å². The van der Waals surface area contributed by atoms with E-state index in [2.05, 4.69) is 0 Å². The number of hydrogen-bond acceptors (Lipinski definition) is 2. The van der Waals surface area contributed by atoms with Gasteiger partial charge in [-0.25, -0.2) is 0 Å². The fraction of sp³-hybridized carbons (Fsp3) is 0.462. The van der Waals surface area contributed by atoms with E-state index in [-0.39, 0.29) is 12.0 Å². The minimum absolute atomic E-state index is 0.161. The van der Waals surface area contributed by atoms with E-state index < -0.39 is 0 Å². The van der Waals surface area contributed by atoms with Gasteiger partial charge in [0.15, 0.2) is 6.10 Å². The van der Waals surface area contributed by atoms with Gasteiger partial charge in [-0.1, -0.05) is 18.2 Å². The number of carbonyl (C=O) groups is 1. The van der Waals surface area contributed by atoms with Crippen LogP contribution in [0.1, 0.15) is 19.3 Å². The maximum absolute atomic E-state index is 11.8. The van der Waals surface area contributed by atoms with Crippen LogP contribution in [0.2, 0.25) is 0 Å². The number of ether oxygens (including phenoxy) is 1. The highest BCUT2D eigenvalue weighted by Gasteiger charge is 2.49. The number of amides is 1. The van der Waals surface area contributed by atoms with Crippen LogP contribution < -0.4 is 4.74 Å². The molecule has 2 aliphatic rings. The van der Waals surface area contributed by atoms with Gasteiger partial charge < -0.3 is 9.64 Å². The highest BCUT2D eigenvalue weighted by atomic mass is 16.5. The molecule has 3 nitrogen and oxygen atoms in total. The van der Waals surface area contributed by atoms with Gasteiger partial charge in [-0.2, -0.15) is 0 Å². The number of para-hydroxylation sites is 1. The monoisotopic (exact) mass is 217 g/mol. The Hall–Kier alpha value is -1.51. The second-order valence-corrected chi connectivity index (χ2v) is 4.45. The van der Waals surface area contributed by atoms with E-state index in [9.17, 15) is 4.79 Å². The van der Waals surface area contributed by atoms with Gasteiger partial charge in [-0.05, 0) is 31.4 Å². The second-order valence-electron chi connectivity index (χ2n) is 4.45. The summed E-state index contributed by atoms with van der Waals surface area (Å²) in [6.07, 6.45) is 3.20. The SMILES string of the molecule is O=C1[C@H](Oc2ccccc2)[C@@H]2CCCCN12. The van der Waals surface area contributed by atoms with E-state index in [0.29, 0.717) is 6.04 Å². The Morgan fingerprint density at radius 2 is 2.00 bits per heavy atom. The summed E-state index contributed by atoms with van der Waals surface area (Å²) in [5, 5.41) is 0. The Balaban J connectivity index is 1.70. The lowest BCUT2D eigenvalue weighted by Crippen LogP contribution is -2.68. The van der Waals surface area contributed by atoms with Crippen molar-refractivity contribution >= 4 is 5.91 Å². The topological polar surface area (TPSA) is 29.5 Å². The highest BCUT2D eigenvalue weighted by Crippen LogP contribution is 2.32. The van der Waals surface area contributed by atoms with Crippen molar-refractivity contribution < 1.29 is 9.53 Å². The molecule has 0 aromatic heterocycles. The predicted octanol–water partition coefficient (Wildman–Crippen LogP) is 1.83. The molecule has 2 heterocycles. The number of hydrogen-bond donors (Lipinski definition) is 0. The average molecular weight is 217 g/mol. The summed E-state index contributed by atoms with van der Waals surface area (Å²) in [5.41, 5.74) is 0.